The number of halogens is 2. The van der Waals surface area contributed by atoms with Crippen LogP contribution >= 0.6 is 30.9 Å². The van der Waals surface area contributed by atoms with Gasteiger partial charge in [0.25, 0.3) is 0 Å². The quantitative estimate of drug-likeness (QED) is 0.303. The number of alkyl halides is 2. The Kier molecular flexibility index (Phi) is 10.1. The third-order valence-electron chi connectivity index (χ3n) is 4.26. The van der Waals surface area contributed by atoms with Crippen LogP contribution in [0.25, 0.3) is 0 Å². The number of hydrogen-bond donors (Lipinski definition) is 2. The molecule has 2 unspecified atom stereocenters. The number of hydrogen-bond acceptors (Lipinski definition) is 5. The molecule has 2 atom stereocenters. The Morgan fingerprint density at radius 2 is 2.00 bits per heavy atom. The Bertz CT molecular complexity index is 647. The smallest absolute Gasteiger partial charge is 0.341 e. The normalized spacial score (nSPS) is 20.5. The van der Waals surface area contributed by atoms with Crippen LogP contribution in [-0.4, -0.2) is 56.6 Å². The van der Waals surface area contributed by atoms with Gasteiger partial charge >= 0.3 is 13.6 Å². The second-order valence-corrected chi connectivity index (χ2v) is 9.01. The molecule has 0 amide bonds. The maximum absolute atomic E-state index is 12.7. The molecule has 0 saturated carbocycles. The van der Waals surface area contributed by atoms with Gasteiger partial charge in [-0.3, -0.25) is 9.36 Å². The molecule has 1 aromatic rings. The zero-order chi connectivity index (χ0) is 20.4. The third kappa shape index (κ3) is 7.21. The average Bonchev–Trinajstić information content (AvgIpc) is 2.68. The minimum absolute atomic E-state index is 0.250. The van der Waals surface area contributed by atoms with Crippen LogP contribution in [0.1, 0.15) is 18.9 Å². The molecule has 0 radical (unpaired) electrons. The van der Waals surface area contributed by atoms with Crippen molar-refractivity contribution in [3.05, 3.63) is 29.8 Å². The van der Waals surface area contributed by atoms with Gasteiger partial charge in [0.2, 0.25) is 0 Å². The average molecular weight is 452 g/mol. The van der Waals surface area contributed by atoms with E-state index in [-0.39, 0.29) is 6.61 Å². The van der Waals surface area contributed by atoms with Crippen molar-refractivity contribution in [2.24, 2.45) is 0 Å². The van der Waals surface area contributed by atoms with Gasteiger partial charge in [-0.25, -0.2) is 10.2 Å². The van der Waals surface area contributed by atoms with E-state index in [2.05, 4.69) is 15.1 Å². The number of rotatable bonds is 11. The molecule has 2 rings (SSSR count). The summed E-state index contributed by atoms with van der Waals surface area (Å²) in [5, 5.41) is 5.69. The Balaban J connectivity index is 2.10. The highest BCUT2D eigenvalue weighted by Crippen LogP contribution is 2.40. The molecule has 1 aliphatic rings. The van der Waals surface area contributed by atoms with E-state index in [0.29, 0.717) is 44.4 Å². The van der Waals surface area contributed by atoms with Crippen LogP contribution in [0.4, 0.5) is 5.69 Å². The first kappa shape index (κ1) is 23.5. The molecule has 0 aliphatic carbocycles. The highest BCUT2D eigenvalue weighted by molar-refractivity contribution is 7.54. The second-order valence-electron chi connectivity index (χ2n) is 6.32. The van der Waals surface area contributed by atoms with Crippen molar-refractivity contribution in [1.29, 1.82) is 0 Å². The van der Waals surface area contributed by atoms with Crippen molar-refractivity contribution in [3.63, 3.8) is 0 Å². The molecule has 10 heteroatoms. The van der Waals surface area contributed by atoms with Crippen LogP contribution in [0.3, 0.4) is 0 Å². The maximum Gasteiger partial charge on any atom is 0.341 e. The van der Waals surface area contributed by atoms with Crippen LogP contribution in [0.5, 0.6) is 0 Å². The molecule has 2 N–H and O–H groups in total. The van der Waals surface area contributed by atoms with Crippen molar-refractivity contribution in [3.8, 4) is 0 Å². The van der Waals surface area contributed by atoms with Gasteiger partial charge in [0.15, 0.2) is 0 Å². The van der Waals surface area contributed by atoms with Crippen LogP contribution in [0, 0.1) is 0 Å². The topological polar surface area (TPSA) is 79.9 Å². The molecule has 1 fully saturated rings. The van der Waals surface area contributed by atoms with E-state index < -0.39 is 19.7 Å². The van der Waals surface area contributed by atoms with Crippen molar-refractivity contribution in [2.45, 2.75) is 25.8 Å². The van der Waals surface area contributed by atoms with E-state index in [1.165, 1.54) is 0 Å². The molecule has 1 aliphatic heterocycles. The monoisotopic (exact) mass is 451 g/mol. The fourth-order valence-electron chi connectivity index (χ4n) is 2.90. The third-order valence-corrected chi connectivity index (χ3v) is 6.44. The fourth-order valence-corrected chi connectivity index (χ4v) is 5.01. The lowest BCUT2D eigenvalue weighted by Gasteiger charge is -2.28. The van der Waals surface area contributed by atoms with Gasteiger partial charge < -0.3 is 14.2 Å². The predicted octanol–water partition coefficient (Wildman–Crippen LogP) is 3.15. The van der Waals surface area contributed by atoms with Crippen LogP contribution < -0.4 is 15.1 Å². The summed E-state index contributed by atoms with van der Waals surface area (Å²) < 4.78 is 23.3. The molecule has 1 aromatic carbocycles. The molecular weight excluding hydrogens is 424 g/mol. The van der Waals surface area contributed by atoms with Crippen molar-refractivity contribution < 1.29 is 18.6 Å². The number of benzene rings is 1. The van der Waals surface area contributed by atoms with Gasteiger partial charge in [0, 0.05) is 37.1 Å². The van der Waals surface area contributed by atoms with Crippen LogP contribution in [0.15, 0.2) is 24.3 Å². The van der Waals surface area contributed by atoms with Crippen molar-refractivity contribution in [2.75, 3.05) is 49.5 Å². The Hall–Kier alpha value is -0.820. The SMILES string of the molecule is CCOC(=O)C(Cc1ccc(N(CCCl)CCCl)cc1)NP1(=O)NCCCO1. The van der Waals surface area contributed by atoms with E-state index in [1.54, 1.807) is 6.92 Å². The summed E-state index contributed by atoms with van der Waals surface area (Å²) in [6.07, 6.45) is 1.11. The van der Waals surface area contributed by atoms with Crippen molar-refractivity contribution in [1.82, 2.24) is 10.2 Å². The number of nitrogens with one attached hydrogen (secondary N) is 2. The fraction of sp³-hybridized carbons (Fsp3) is 0.611. The van der Waals surface area contributed by atoms with E-state index in [9.17, 15) is 9.36 Å². The van der Waals surface area contributed by atoms with Gasteiger partial charge in [-0.2, -0.15) is 0 Å². The first-order chi connectivity index (χ1) is 13.5. The van der Waals surface area contributed by atoms with Crippen LogP contribution in [0.2, 0.25) is 0 Å². The summed E-state index contributed by atoms with van der Waals surface area (Å²) in [6, 6.07) is 7.03. The van der Waals surface area contributed by atoms with E-state index in [1.807, 2.05) is 24.3 Å². The lowest BCUT2D eigenvalue weighted by atomic mass is 10.1. The molecule has 0 bridgehead atoms. The highest BCUT2D eigenvalue weighted by atomic mass is 35.5. The van der Waals surface area contributed by atoms with Gasteiger partial charge in [0.05, 0.1) is 13.2 Å². The molecular formula is C18H28Cl2N3O4P. The summed E-state index contributed by atoms with van der Waals surface area (Å²) in [7, 11) is -3.27. The molecule has 158 valence electrons. The van der Waals surface area contributed by atoms with Gasteiger partial charge in [-0.1, -0.05) is 12.1 Å². The number of esters is 1. The summed E-state index contributed by atoms with van der Waals surface area (Å²) in [5.74, 6) is 0.564. The Morgan fingerprint density at radius 3 is 2.54 bits per heavy atom. The molecule has 28 heavy (non-hydrogen) atoms. The van der Waals surface area contributed by atoms with Crippen molar-refractivity contribution >= 4 is 42.5 Å². The number of ether oxygens (including phenoxy) is 1. The summed E-state index contributed by atoms with van der Waals surface area (Å²) in [6.45, 7) is 4.35. The summed E-state index contributed by atoms with van der Waals surface area (Å²) >= 11 is 11.7. The Labute approximate surface area is 176 Å². The van der Waals surface area contributed by atoms with Gasteiger partial charge in [-0.15, -0.1) is 23.2 Å². The minimum Gasteiger partial charge on any atom is -0.465 e. The molecule has 1 heterocycles. The minimum atomic E-state index is -3.27. The summed E-state index contributed by atoms with van der Waals surface area (Å²) in [4.78, 5) is 14.5. The van der Waals surface area contributed by atoms with Crippen LogP contribution in [-0.2, 0) is 25.0 Å². The summed E-state index contributed by atoms with van der Waals surface area (Å²) in [5.41, 5.74) is 1.92. The second kappa shape index (κ2) is 12.0. The first-order valence-corrected chi connectivity index (χ1v) is 12.1. The lowest BCUT2D eigenvalue weighted by Crippen LogP contribution is -2.42. The number of carbonyl (C=O) groups excluding carboxylic acids is 1. The largest absolute Gasteiger partial charge is 0.465 e. The standard InChI is InChI=1S/C18H28Cl2N3O4P/c1-2-26-18(24)17(22-28(25)21-10-3-13-27-28)14-15-4-6-16(7-5-15)23(11-8-19)12-9-20/h4-7,17H,2-3,8-14H2,1H3,(H2,21,22,25). The zero-order valence-corrected chi connectivity index (χ0v) is 18.4. The van der Waals surface area contributed by atoms with Gasteiger partial charge in [0.1, 0.15) is 6.04 Å². The highest BCUT2D eigenvalue weighted by Gasteiger charge is 2.33. The first-order valence-electron chi connectivity index (χ1n) is 9.41. The van der Waals surface area contributed by atoms with E-state index >= 15 is 0 Å². The zero-order valence-electron chi connectivity index (χ0n) is 16.0. The molecule has 0 aromatic heterocycles. The number of anilines is 1. The van der Waals surface area contributed by atoms with E-state index in [4.69, 9.17) is 32.5 Å². The molecule has 7 nitrogen and oxygen atoms in total. The Morgan fingerprint density at radius 1 is 1.32 bits per heavy atom. The molecule has 1 saturated heterocycles. The number of nitrogens with zero attached hydrogens (tertiary/aromatic N) is 1. The molecule has 0 spiro atoms. The van der Waals surface area contributed by atoms with Gasteiger partial charge in [-0.05, 0) is 37.5 Å². The van der Waals surface area contributed by atoms with E-state index in [0.717, 1.165) is 17.7 Å². The lowest BCUT2D eigenvalue weighted by molar-refractivity contribution is -0.145. The number of carbonyl (C=O) groups is 1. The maximum atomic E-state index is 12.7. The predicted molar refractivity (Wildman–Crippen MR) is 114 cm³/mol.